The Morgan fingerprint density at radius 3 is 2.48 bits per heavy atom. The van der Waals surface area contributed by atoms with Gasteiger partial charge in [0.1, 0.15) is 5.52 Å². The Bertz CT molecular complexity index is 1040. The monoisotopic (exact) mass is 341 g/mol. The smallest absolute Gasteiger partial charge is 0.194 e. The number of hydrogen-bond acceptors (Lipinski definition) is 4. The van der Waals surface area contributed by atoms with E-state index in [9.17, 15) is 13.2 Å². The molecule has 0 atom stereocenters. The zero-order valence-corrected chi connectivity index (χ0v) is 12.7. The maximum atomic E-state index is 13.5. The summed E-state index contributed by atoms with van der Waals surface area (Å²) in [6.45, 7) is 0.370. The van der Waals surface area contributed by atoms with E-state index in [2.05, 4.69) is 20.3 Å². The molecule has 0 amide bonds. The fourth-order valence-electron chi connectivity index (χ4n) is 2.53. The zero-order valence-electron chi connectivity index (χ0n) is 12.7. The molecule has 0 aliphatic rings. The van der Waals surface area contributed by atoms with Crippen molar-refractivity contribution in [3.63, 3.8) is 0 Å². The first kappa shape index (κ1) is 15.3. The molecule has 3 heterocycles. The predicted octanol–water partition coefficient (Wildman–Crippen LogP) is 3.35. The summed E-state index contributed by atoms with van der Waals surface area (Å²) in [5.74, 6) is -3.99. The number of fused-ring (bicyclic) bond motifs is 1. The van der Waals surface area contributed by atoms with Gasteiger partial charge in [0.05, 0.1) is 24.0 Å². The van der Waals surface area contributed by atoms with Crippen molar-refractivity contribution in [2.75, 3.05) is 0 Å². The highest BCUT2D eigenvalue weighted by Gasteiger charge is 2.13. The van der Waals surface area contributed by atoms with Crippen molar-refractivity contribution in [3.05, 3.63) is 72.1 Å². The Morgan fingerprint density at radius 2 is 1.76 bits per heavy atom. The van der Waals surface area contributed by atoms with Gasteiger partial charge in [0.25, 0.3) is 0 Å². The van der Waals surface area contributed by atoms with Crippen molar-refractivity contribution >= 4 is 11.0 Å². The van der Waals surface area contributed by atoms with Crippen LogP contribution in [0.3, 0.4) is 0 Å². The summed E-state index contributed by atoms with van der Waals surface area (Å²) in [6, 6.07) is 7.14. The van der Waals surface area contributed by atoms with Gasteiger partial charge < -0.3 is 0 Å². The van der Waals surface area contributed by atoms with Gasteiger partial charge in [-0.2, -0.15) is 15.3 Å². The van der Waals surface area contributed by atoms with Crippen molar-refractivity contribution in [1.82, 2.24) is 25.0 Å². The third-order valence-corrected chi connectivity index (χ3v) is 3.75. The van der Waals surface area contributed by atoms with Gasteiger partial charge >= 0.3 is 0 Å². The van der Waals surface area contributed by atoms with E-state index in [4.69, 9.17) is 0 Å². The lowest BCUT2D eigenvalue weighted by atomic mass is 10.1. The zero-order chi connectivity index (χ0) is 17.4. The van der Waals surface area contributed by atoms with Crippen molar-refractivity contribution in [2.45, 2.75) is 6.54 Å². The lowest BCUT2D eigenvalue weighted by Gasteiger charge is -2.06. The number of halogens is 3. The Kier molecular flexibility index (Phi) is 3.64. The Labute approximate surface area is 139 Å². The summed E-state index contributed by atoms with van der Waals surface area (Å²) in [4.78, 5) is 4.24. The summed E-state index contributed by atoms with van der Waals surface area (Å²) < 4.78 is 41.8. The summed E-state index contributed by atoms with van der Waals surface area (Å²) in [7, 11) is 0. The molecule has 5 nitrogen and oxygen atoms in total. The van der Waals surface area contributed by atoms with E-state index in [1.54, 1.807) is 29.2 Å². The standard InChI is InChI=1S/C17H10F3N5/c18-13-4-10(5-14(19)17(13)20)11-6-16-15(21-7-11)8-23-25(16)9-12-2-1-3-22-24-12/h1-8H,9H2. The first-order chi connectivity index (χ1) is 12.1. The van der Waals surface area contributed by atoms with Crippen molar-refractivity contribution in [1.29, 1.82) is 0 Å². The SMILES string of the molecule is Fc1cc(-c2cnc3cnn(Cc4cccnn4)c3c2)cc(F)c1F. The minimum Gasteiger partial charge on any atom is -0.257 e. The molecule has 3 aromatic heterocycles. The highest BCUT2D eigenvalue weighted by atomic mass is 19.2. The maximum absolute atomic E-state index is 13.5. The van der Waals surface area contributed by atoms with Gasteiger partial charge in [-0.05, 0) is 35.9 Å². The number of rotatable bonds is 3. The lowest BCUT2D eigenvalue weighted by molar-refractivity contribution is 0.447. The van der Waals surface area contributed by atoms with Crippen LogP contribution >= 0.6 is 0 Å². The van der Waals surface area contributed by atoms with Gasteiger partial charge in [-0.3, -0.25) is 9.67 Å². The molecule has 0 spiro atoms. The van der Waals surface area contributed by atoms with Crippen LogP contribution in [0.25, 0.3) is 22.2 Å². The Hall–Kier alpha value is -3.29. The highest BCUT2D eigenvalue weighted by Crippen LogP contribution is 2.26. The topological polar surface area (TPSA) is 56.5 Å². The molecule has 0 saturated heterocycles. The summed E-state index contributed by atoms with van der Waals surface area (Å²) in [5, 5.41) is 12.1. The average Bonchev–Trinajstić information content (AvgIpc) is 3.02. The number of hydrogen-bond donors (Lipinski definition) is 0. The van der Waals surface area contributed by atoms with Gasteiger partial charge in [-0.25, -0.2) is 13.2 Å². The van der Waals surface area contributed by atoms with E-state index >= 15 is 0 Å². The molecule has 1 aromatic carbocycles. The van der Waals surface area contributed by atoms with E-state index in [1.165, 1.54) is 6.20 Å². The summed E-state index contributed by atoms with van der Waals surface area (Å²) >= 11 is 0. The van der Waals surface area contributed by atoms with E-state index < -0.39 is 17.5 Å². The fourth-order valence-corrected chi connectivity index (χ4v) is 2.53. The molecule has 0 bridgehead atoms. The van der Waals surface area contributed by atoms with Gasteiger partial charge in [0, 0.05) is 18.0 Å². The third-order valence-electron chi connectivity index (χ3n) is 3.75. The minimum atomic E-state index is -1.49. The van der Waals surface area contributed by atoms with Crippen molar-refractivity contribution in [2.24, 2.45) is 0 Å². The Balaban J connectivity index is 1.78. The van der Waals surface area contributed by atoms with Crippen molar-refractivity contribution in [3.8, 4) is 11.1 Å². The molecule has 0 unspecified atom stereocenters. The van der Waals surface area contributed by atoms with Crippen molar-refractivity contribution < 1.29 is 13.2 Å². The van der Waals surface area contributed by atoms with Gasteiger partial charge in [0.2, 0.25) is 0 Å². The van der Waals surface area contributed by atoms with Crippen LogP contribution < -0.4 is 0 Å². The fraction of sp³-hybridized carbons (Fsp3) is 0.0588. The Morgan fingerprint density at radius 1 is 0.960 bits per heavy atom. The molecule has 124 valence electrons. The molecular weight excluding hydrogens is 331 g/mol. The van der Waals surface area contributed by atoms with Crippen LogP contribution in [-0.4, -0.2) is 25.0 Å². The molecule has 8 heteroatoms. The minimum absolute atomic E-state index is 0.193. The number of pyridine rings is 1. The molecule has 0 aliphatic carbocycles. The maximum Gasteiger partial charge on any atom is 0.194 e. The molecule has 0 radical (unpaired) electrons. The second-order valence-electron chi connectivity index (χ2n) is 5.40. The molecule has 0 aliphatic heterocycles. The lowest BCUT2D eigenvalue weighted by Crippen LogP contribution is -2.04. The molecule has 0 saturated carbocycles. The summed E-state index contributed by atoms with van der Waals surface area (Å²) in [5.41, 5.74) is 2.63. The number of nitrogens with zero attached hydrogens (tertiary/aromatic N) is 5. The predicted molar refractivity (Wildman–Crippen MR) is 84.0 cm³/mol. The van der Waals surface area contributed by atoms with Crippen LogP contribution in [0, 0.1) is 17.5 Å². The highest BCUT2D eigenvalue weighted by molar-refractivity contribution is 5.80. The van der Waals surface area contributed by atoms with Crippen LogP contribution in [0.1, 0.15) is 5.69 Å². The van der Waals surface area contributed by atoms with Crippen LogP contribution in [0.15, 0.2) is 48.9 Å². The third kappa shape index (κ3) is 2.82. The second kappa shape index (κ2) is 5.97. The molecule has 0 N–H and O–H groups in total. The van der Waals surface area contributed by atoms with Crippen LogP contribution in [0.5, 0.6) is 0 Å². The molecule has 25 heavy (non-hydrogen) atoms. The quantitative estimate of drug-likeness (QED) is 0.536. The van der Waals surface area contributed by atoms with E-state index in [1.807, 2.05) is 6.07 Å². The first-order valence-corrected chi connectivity index (χ1v) is 7.35. The van der Waals surface area contributed by atoms with E-state index in [0.29, 0.717) is 28.8 Å². The van der Waals surface area contributed by atoms with Gasteiger partial charge in [-0.15, -0.1) is 0 Å². The summed E-state index contributed by atoms with van der Waals surface area (Å²) in [6.07, 6.45) is 4.62. The van der Waals surface area contributed by atoms with E-state index in [-0.39, 0.29) is 5.56 Å². The number of benzene rings is 1. The average molecular weight is 341 g/mol. The van der Waals surface area contributed by atoms with Gasteiger partial charge in [-0.1, -0.05) is 0 Å². The first-order valence-electron chi connectivity index (χ1n) is 7.35. The second-order valence-corrected chi connectivity index (χ2v) is 5.40. The van der Waals surface area contributed by atoms with Crippen LogP contribution in [0.4, 0.5) is 13.2 Å². The molecular formula is C17H10F3N5. The number of aromatic nitrogens is 5. The molecule has 4 rings (SSSR count). The van der Waals surface area contributed by atoms with E-state index in [0.717, 1.165) is 12.1 Å². The van der Waals surface area contributed by atoms with Crippen LogP contribution in [-0.2, 0) is 6.54 Å². The normalized spacial score (nSPS) is 11.2. The van der Waals surface area contributed by atoms with Crippen LogP contribution in [0.2, 0.25) is 0 Å². The molecule has 0 fully saturated rings. The largest absolute Gasteiger partial charge is 0.257 e. The molecule has 4 aromatic rings. The van der Waals surface area contributed by atoms with Gasteiger partial charge in [0.15, 0.2) is 17.5 Å².